The summed E-state index contributed by atoms with van der Waals surface area (Å²) in [6.45, 7) is 4.35. The maximum atomic E-state index is 4.15. The largest absolute Gasteiger partial charge is 0.311 e. The average molecular weight is 218 g/mol. The number of hydrogen-bond acceptors (Lipinski definition) is 4. The quantitative estimate of drug-likeness (QED) is 0.809. The van der Waals surface area contributed by atoms with Crippen LogP contribution in [0.3, 0.4) is 0 Å². The normalized spacial score (nSPS) is 26.9. The maximum absolute atomic E-state index is 4.15. The molecule has 1 aromatic heterocycles. The van der Waals surface area contributed by atoms with Crippen LogP contribution in [0, 0.1) is 5.92 Å². The first kappa shape index (κ1) is 10.2. The Labute approximate surface area is 96.1 Å². The highest BCUT2D eigenvalue weighted by molar-refractivity contribution is 5.00. The van der Waals surface area contributed by atoms with Crippen molar-refractivity contribution in [3.8, 4) is 0 Å². The van der Waals surface area contributed by atoms with E-state index in [9.17, 15) is 0 Å². The third kappa shape index (κ3) is 2.39. The van der Waals surface area contributed by atoms with Gasteiger partial charge in [-0.1, -0.05) is 0 Å². The molecule has 16 heavy (non-hydrogen) atoms. The molecule has 4 heteroatoms. The molecule has 3 rings (SSSR count). The molecule has 1 aliphatic heterocycles. The zero-order chi connectivity index (χ0) is 10.8. The van der Waals surface area contributed by atoms with Gasteiger partial charge < -0.3 is 5.32 Å². The van der Waals surface area contributed by atoms with E-state index in [2.05, 4.69) is 26.5 Å². The van der Waals surface area contributed by atoms with Crippen LogP contribution in [0.1, 0.15) is 18.5 Å². The number of piperazine rings is 1. The van der Waals surface area contributed by atoms with Gasteiger partial charge in [0, 0.05) is 38.4 Å². The van der Waals surface area contributed by atoms with Gasteiger partial charge in [0.15, 0.2) is 0 Å². The zero-order valence-electron chi connectivity index (χ0n) is 9.47. The fraction of sp³-hybridized carbons (Fsp3) is 0.667. The van der Waals surface area contributed by atoms with E-state index in [0.717, 1.165) is 31.2 Å². The standard InChI is InChI=1S/C12H18N4/c1-2-11(15-14-5-1)8-16-7-6-13-12(9-16)10-3-4-10/h1-2,5,10,12-13H,3-4,6-9H2. The van der Waals surface area contributed by atoms with Crippen LogP contribution in [0.5, 0.6) is 0 Å². The molecule has 1 saturated heterocycles. The Morgan fingerprint density at radius 1 is 1.44 bits per heavy atom. The van der Waals surface area contributed by atoms with Gasteiger partial charge in [-0.15, -0.1) is 0 Å². The molecule has 1 unspecified atom stereocenters. The van der Waals surface area contributed by atoms with Gasteiger partial charge in [-0.25, -0.2) is 0 Å². The molecular formula is C12H18N4. The minimum atomic E-state index is 0.713. The van der Waals surface area contributed by atoms with Crippen molar-refractivity contribution in [3.05, 3.63) is 24.0 Å². The van der Waals surface area contributed by atoms with E-state index in [0.29, 0.717) is 6.04 Å². The molecule has 2 fully saturated rings. The van der Waals surface area contributed by atoms with E-state index < -0.39 is 0 Å². The van der Waals surface area contributed by atoms with Crippen molar-refractivity contribution in [1.82, 2.24) is 20.4 Å². The van der Waals surface area contributed by atoms with E-state index in [-0.39, 0.29) is 0 Å². The number of rotatable bonds is 3. The van der Waals surface area contributed by atoms with Crippen LogP contribution in [0.2, 0.25) is 0 Å². The van der Waals surface area contributed by atoms with Gasteiger partial charge in [-0.05, 0) is 30.9 Å². The van der Waals surface area contributed by atoms with Crippen molar-refractivity contribution in [2.45, 2.75) is 25.4 Å². The molecule has 1 saturated carbocycles. The molecule has 0 amide bonds. The van der Waals surface area contributed by atoms with Crippen molar-refractivity contribution >= 4 is 0 Å². The number of nitrogens with zero attached hydrogens (tertiary/aromatic N) is 3. The van der Waals surface area contributed by atoms with Crippen LogP contribution in [-0.2, 0) is 6.54 Å². The van der Waals surface area contributed by atoms with Crippen LogP contribution in [0.15, 0.2) is 18.3 Å². The Kier molecular flexibility index (Phi) is 2.84. The van der Waals surface area contributed by atoms with Crippen LogP contribution < -0.4 is 5.32 Å². The maximum Gasteiger partial charge on any atom is 0.0771 e. The molecule has 0 aromatic carbocycles. The topological polar surface area (TPSA) is 41.1 Å². The lowest BCUT2D eigenvalue weighted by atomic mass is 10.1. The van der Waals surface area contributed by atoms with Gasteiger partial charge in [-0.3, -0.25) is 4.90 Å². The summed E-state index contributed by atoms with van der Waals surface area (Å²) in [5, 5.41) is 11.7. The SMILES string of the molecule is c1cnnc(CN2CCNC(C3CC3)C2)c1. The predicted octanol–water partition coefficient (Wildman–Crippen LogP) is 0.660. The van der Waals surface area contributed by atoms with Crippen LogP contribution >= 0.6 is 0 Å². The first-order valence-corrected chi connectivity index (χ1v) is 6.14. The summed E-state index contributed by atoms with van der Waals surface area (Å²) in [6.07, 6.45) is 4.56. The first-order chi connectivity index (χ1) is 7.92. The molecule has 2 heterocycles. The average Bonchev–Trinajstić information content (AvgIpc) is 3.15. The second-order valence-corrected chi connectivity index (χ2v) is 4.85. The molecule has 1 N–H and O–H groups in total. The van der Waals surface area contributed by atoms with Crippen molar-refractivity contribution in [1.29, 1.82) is 0 Å². The number of hydrogen-bond donors (Lipinski definition) is 1. The lowest BCUT2D eigenvalue weighted by molar-refractivity contribution is 0.179. The molecule has 0 bridgehead atoms. The number of nitrogens with one attached hydrogen (secondary N) is 1. The van der Waals surface area contributed by atoms with Crippen molar-refractivity contribution in [3.63, 3.8) is 0 Å². The highest BCUT2D eigenvalue weighted by Gasteiger charge is 2.33. The van der Waals surface area contributed by atoms with Gasteiger partial charge in [0.25, 0.3) is 0 Å². The smallest absolute Gasteiger partial charge is 0.0771 e. The van der Waals surface area contributed by atoms with Gasteiger partial charge in [0.1, 0.15) is 0 Å². The Hall–Kier alpha value is -1.00. The Morgan fingerprint density at radius 3 is 3.12 bits per heavy atom. The van der Waals surface area contributed by atoms with Crippen molar-refractivity contribution in [2.24, 2.45) is 5.92 Å². The Bertz CT molecular complexity index is 336. The lowest BCUT2D eigenvalue weighted by Gasteiger charge is -2.33. The molecule has 4 nitrogen and oxygen atoms in total. The highest BCUT2D eigenvalue weighted by Crippen LogP contribution is 2.33. The summed E-state index contributed by atoms with van der Waals surface area (Å²) >= 11 is 0. The second kappa shape index (κ2) is 4.47. The van der Waals surface area contributed by atoms with Crippen LogP contribution in [-0.4, -0.2) is 40.8 Å². The summed E-state index contributed by atoms with van der Waals surface area (Å²) < 4.78 is 0. The minimum Gasteiger partial charge on any atom is -0.311 e. The van der Waals surface area contributed by atoms with Gasteiger partial charge in [0.05, 0.1) is 5.69 Å². The summed E-state index contributed by atoms with van der Waals surface area (Å²) in [5.74, 6) is 0.935. The monoisotopic (exact) mass is 218 g/mol. The fourth-order valence-electron chi connectivity index (χ4n) is 2.45. The van der Waals surface area contributed by atoms with Gasteiger partial charge >= 0.3 is 0 Å². The lowest BCUT2D eigenvalue weighted by Crippen LogP contribution is -2.51. The molecule has 1 atom stereocenters. The summed E-state index contributed by atoms with van der Waals surface area (Å²) in [7, 11) is 0. The van der Waals surface area contributed by atoms with E-state index in [1.807, 2.05) is 6.07 Å². The molecule has 1 aromatic rings. The van der Waals surface area contributed by atoms with E-state index in [4.69, 9.17) is 0 Å². The van der Waals surface area contributed by atoms with Crippen molar-refractivity contribution < 1.29 is 0 Å². The molecule has 0 radical (unpaired) electrons. The van der Waals surface area contributed by atoms with Gasteiger partial charge in [-0.2, -0.15) is 10.2 Å². The third-order valence-corrected chi connectivity index (χ3v) is 3.49. The second-order valence-electron chi connectivity index (χ2n) is 4.85. The van der Waals surface area contributed by atoms with E-state index in [1.165, 1.54) is 19.4 Å². The summed E-state index contributed by atoms with van der Waals surface area (Å²) in [5.41, 5.74) is 1.08. The van der Waals surface area contributed by atoms with Gasteiger partial charge in [0.2, 0.25) is 0 Å². The first-order valence-electron chi connectivity index (χ1n) is 6.14. The summed E-state index contributed by atoms with van der Waals surface area (Å²) in [4.78, 5) is 2.49. The molecule has 86 valence electrons. The highest BCUT2D eigenvalue weighted by atomic mass is 15.2. The molecule has 1 aliphatic carbocycles. The minimum absolute atomic E-state index is 0.713. The Balaban J connectivity index is 1.58. The third-order valence-electron chi connectivity index (χ3n) is 3.49. The number of aromatic nitrogens is 2. The predicted molar refractivity (Wildman–Crippen MR) is 61.8 cm³/mol. The molecular weight excluding hydrogens is 200 g/mol. The van der Waals surface area contributed by atoms with Crippen molar-refractivity contribution in [2.75, 3.05) is 19.6 Å². The Morgan fingerprint density at radius 2 is 2.38 bits per heavy atom. The molecule has 2 aliphatic rings. The summed E-state index contributed by atoms with van der Waals surface area (Å²) in [6, 6.07) is 4.73. The van der Waals surface area contributed by atoms with Crippen LogP contribution in [0.25, 0.3) is 0 Å². The van der Waals surface area contributed by atoms with E-state index >= 15 is 0 Å². The fourth-order valence-corrected chi connectivity index (χ4v) is 2.45. The zero-order valence-corrected chi connectivity index (χ0v) is 9.47. The molecule has 0 spiro atoms. The van der Waals surface area contributed by atoms with Crippen LogP contribution in [0.4, 0.5) is 0 Å². The van der Waals surface area contributed by atoms with E-state index in [1.54, 1.807) is 6.20 Å².